The monoisotopic (exact) mass is 398 g/mol. The number of nitrogens with one attached hydrogen (secondary N) is 1. The Morgan fingerprint density at radius 2 is 1.97 bits per heavy atom. The Morgan fingerprint density at radius 1 is 1.21 bits per heavy atom. The fourth-order valence-corrected chi connectivity index (χ4v) is 3.31. The van der Waals surface area contributed by atoms with Gasteiger partial charge in [0.25, 0.3) is 5.56 Å². The molecule has 1 aliphatic rings. The van der Waals surface area contributed by atoms with E-state index in [1.165, 1.54) is 29.2 Å². The second kappa shape index (κ2) is 9.70. The van der Waals surface area contributed by atoms with E-state index < -0.39 is 29.7 Å². The zero-order valence-corrected chi connectivity index (χ0v) is 16.4. The standard InChI is InChI=1S/C22H26N2O5/c1-2-3-4-5-15-6-8-16(9-7-15)10-11-17-13-24(22(28)23-21(17)27)20-12-18(26)19(14-25)29-20/h6-9,13,18-20,25-26H,2-5,12,14H2,1H3,(H,23,27,28)/t18-,19+,20+/m0/s1. The largest absolute Gasteiger partial charge is 0.394 e. The van der Waals surface area contributed by atoms with Crippen LogP contribution in [0.1, 0.15) is 55.5 Å². The van der Waals surface area contributed by atoms with Gasteiger partial charge in [-0.3, -0.25) is 14.3 Å². The summed E-state index contributed by atoms with van der Waals surface area (Å²) in [5.74, 6) is 5.75. The van der Waals surface area contributed by atoms with E-state index in [4.69, 9.17) is 4.74 Å². The molecular formula is C22H26N2O5. The topological polar surface area (TPSA) is 105 Å². The number of aryl methyl sites for hydroxylation is 1. The fraction of sp³-hybridized carbons (Fsp3) is 0.455. The molecule has 3 N–H and O–H groups in total. The van der Waals surface area contributed by atoms with Crippen molar-refractivity contribution in [3.63, 3.8) is 0 Å². The Bertz CT molecular complexity index is 997. The van der Waals surface area contributed by atoms with Gasteiger partial charge in [0, 0.05) is 18.2 Å². The van der Waals surface area contributed by atoms with Gasteiger partial charge in [-0.2, -0.15) is 0 Å². The number of aliphatic hydroxyl groups is 2. The maximum Gasteiger partial charge on any atom is 0.330 e. The summed E-state index contributed by atoms with van der Waals surface area (Å²) in [5.41, 5.74) is 0.933. The fourth-order valence-electron chi connectivity index (χ4n) is 3.31. The number of ether oxygens (including phenoxy) is 1. The first-order valence-corrected chi connectivity index (χ1v) is 9.92. The van der Waals surface area contributed by atoms with Crippen molar-refractivity contribution in [1.82, 2.24) is 9.55 Å². The van der Waals surface area contributed by atoms with Crippen LogP contribution < -0.4 is 11.2 Å². The molecule has 1 fully saturated rings. The van der Waals surface area contributed by atoms with Crippen LogP contribution in [0.5, 0.6) is 0 Å². The van der Waals surface area contributed by atoms with Crippen LogP contribution in [0.2, 0.25) is 0 Å². The van der Waals surface area contributed by atoms with Crippen LogP contribution >= 0.6 is 0 Å². The van der Waals surface area contributed by atoms with E-state index in [1.54, 1.807) is 0 Å². The second-order valence-electron chi connectivity index (χ2n) is 7.23. The number of H-pyrrole nitrogens is 1. The first-order valence-electron chi connectivity index (χ1n) is 9.92. The van der Waals surface area contributed by atoms with Crippen molar-refractivity contribution in [1.29, 1.82) is 0 Å². The molecule has 0 aliphatic carbocycles. The van der Waals surface area contributed by atoms with Crippen LogP contribution in [0.25, 0.3) is 0 Å². The number of aliphatic hydroxyl groups excluding tert-OH is 2. The summed E-state index contributed by atoms with van der Waals surface area (Å²) in [4.78, 5) is 26.5. The Balaban J connectivity index is 1.78. The number of aromatic nitrogens is 2. The molecule has 0 unspecified atom stereocenters. The van der Waals surface area contributed by atoms with Crippen LogP contribution in [0.15, 0.2) is 40.1 Å². The van der Waals surface area contributed by atoms with E-state index in [2.05, 4.69) is 23.7 Å². The number of benzene rings is 1. The average molecular weight is 398 g/mol. The Labute approximate surface area is 169 Å². The van der Waals surface area contributed by atoms with Gasteiger partial charge in [0.1, 0.15) is 17.9 Å². The second-order valence-corrected chi connectivity index (χ2v) is 7.23. The third kappa shape index (κ3) is 5.24. The van der Waals surface area contributed by atoms with Gasteiger partial charge in [-0.25, -0.2) is 4.79 Å². The molecule has 0 bridgehead atoms. The Hall–Kier alpha value is -2.66. The van der Waals surface area contributed by atoms with Gasteiger partial charge in [-0.05, 0) is 30.5 Å². The molecule has 2 aromatic rings. The van der Waals surface area contributed by atoms with E-state index >= 15 is 0 Å². The number of aromatic amines is 1. The minimum Gasteiger partial charge on any atom is -0.394 e. The van der Waals surface area contributed by atoms with Gasteiger partial charge in [-0.1, -0.05) is 43.7 Å². The third-order valence-corrected chi connectivity index (χ3v) is 5.03. The molecule has 0 radical (unpaired) electrons. The molecule has 7 nitrogen and oxygen atoms in total. The minimum atomic E-state index is -0.880. The van der Waals surface area contributed by atoms with Crippen molar-refractivity contribution < 1.29 is 14.9 Å². The van der Waals surface area contributed by atoms with Crippen LogP contribution in [0.3, 0.4) is 0 Å². The molecule has 0 amide bonds. The predicted octanol–water partition coefficient (Wildman–Crippen LogP) is 1.31. The SMILES string of the molecule is CCCCCc1ccc(C#Cc2cn([C@H]3C[C@H](O)[C@@H](CO)O3)c(=O)[nH]c2=O)cc1. The summed E-state index contributed by atoms with van der Waals surface area (Å²) in [6.07, 6.45) is 3.66. The van der Waals surface area contributed by atoms with Crippen molar-refractivity contribution in [3.8, 4) is 11.8 Å². The van der Waals surface area contributed by atoms with E-state index in [1.807, 2.05) is 24.3 Å². The Kier molecular flexibility index (Phi) is 7.04. The lowest BCUT2D eigenvalue weighted by molar-refractivity contribution is -0.0459. The number of hydrogen-bond acceptors (Lipinski definition) is 5. The van der Waals surface area contributed by atoms with Gasteiger partial charge >= 0.3 is 5.69 Å². The lowest BCUT2D eigenvalue weighted by Crippen LogP contribution is -2.33. The minimum absolute atomic E-state index is 0.127. The van der Waals surface area contributed by atoms with Gasteiger partial charge in [0.15, 0.2) is 0 Å². The third-order valence-electron chi connectivity index (χ3n) is 5.03. The molecule has 1 saturated heterocycles. The number of hydrogen-bond donors (Lipinski definition) is 3. The highest BCUT2D eigenvalue weighted by Gasteiger charge is 2.35. The first kappa shape index (κ1) is 21.1. The summed E-state index contributed by atoms with van der Waals surface area (Å²) in [6, 6.07) is 7.91. The zero-order valence-electron chi connectivity index (χ0n) is 16.4. The molecule has 3 atom stereocenters. The maximum atomic E-state index is 12.1. The summed E-state index contributed by atoms with van der Waals surface area (Å²) < 4.78 is 6.69. The van der Waals surface area contributed by atoms with Crippen molar-refractivity contribution in [2.45, 2.75) is 57.5 Å². The van der Waals surface area contributed by atoms with Crippen molar-refractivity contribution in [3.05, 3.63) is 68.0 Å². The molecule has 29 heavy (non-hydrogen) atoms. The highest BCUT2D eigenvalue weighted by molar-refractivity contribution is 5.42. The molecule has 3 rings (SSSR count). The van der Waals surface area contributed by atoms with E-state index in [0.29, 0.717) is 0 Å². The number of unbranched alkanes of at least 4 members (excludes halogenated alkanes) is 2. The Morgan fingerprint density at radius 3 is 2.62 bits per heavy atom. The molecule has 154 valence electrons. The predicted molar refractivity (Wildman–Crippen MR) is 109 cm³/mol. The first-order chi connectivity index (χ1) is 14.0. The van der Waals surface area contributed by atoms with Gasteiger partial charge < -0.3 is 14.9 Å². The molecule has 0 spiro atoms. The molecule has 1 aromatic heterocycles. The molecule has 2 heterocycles. The van der Waals surface area contributed by atoms with E-state index in [9.17, 15) is 19.8 Å². The van der Waals surface area contributed by atoms with E-state index in [-0.39, 0.29) is 18.6 Å². The normalized spacial score (nSPS) is 21.0. The van der Waals surface area contributed by atoms with Gasteiger partial charge in [-0.15, -0.1) is 0 Å². The van der Waals surface area contributed by atoms with Crippen LogP contribution in [-0.2, 0) is 11.2 Å². The summed E-state index contributed by atoms with van der Waals surface area (Å²) in [5, 5.41) is 19.1. The molecule has 0 saturated carbocycles. The summed E-state index contributed by atoms with van der Waals surface area (Å²) >= 11 is 0. The van der Waals surface area contributed by atoms with Crippen molar-refractivity contribution in [2.24, 2.45) is 0 Å². The van der Waals surface area contributed by atoms with E-state index in [0.717, 1.165) is 18.4 Å². The maximum absolute atomic E-state index is 12.1. The molecular weight excluding hydrogens is 372 g/mol. The quantitative estimate of drug-likeness (QED) is 0.503. The number of nitrogens with zero attached hydrogens (tertiary/aromatic N) is 1. The molecule has 1 aromatic carbocycles. The lowest BCUT2D eigenvalue weighted by Gasteiger charge is -2.14. The highest BCUT2D eigenvalue weighted by Crippen LogP contribution is 2.27. The van der Waals surface area contributed by atoms with Crippen LogP contribution in [0, 0.1) is 11.8 Å². The smallest absolute Gasteiger partial charge is 0.330 e. The van der Waals surface area contributed by atoms with Crippen molar-refractivity contribution >= 4 is 0 Å². The molecule has 1 aliphatic heterocycles. The van der Waals surface area contributed by atoms with Gasteiger partial charge in [0.05, 0.1) is 12.7 Å². The average Bonchev–Trinajstić information content (AvgIpc) is 3.09. The summed E-state index contributed by atoms with van der Waals surface area (Å²) in [6.45, 7) is 1.83. The lowest BCUT2D eigenvalue weighted by atomic mass is 10.1. The molecule has 7 heteroatoms. The van der Waals surface area contributed by atoms with Gasteiger partial charge in [0.2, 0.25) is 0 Å². The van der Waals surface area contributed by atoms with Crippen molar-refractivity contribution in [2.75, 3.05) is 6.61 Å². The number of rotatable bonds is 6. The highest BCUT2D eigenvalue weighted by atomic mass is 16.5. The summed E-state index contributed by atoms with van der Waals surface area (Å²) in [7, 11) is 0. The zero-order chi connectivity index (χ0) is 20.8. The van der Waals surface area contributed by atoms with Crippen LogP contribution in [0.4, 0.5) is 0 Å². The van der Waals surface area contributed by atoms with Crippen LogP contribution in [-0.4, -0.2) is 38.6 Å².